The van der Waals surface area contributed by atoms with E-state index < -0.39 is 0 Å². The molecule has 34 heavy (non-hydrogen) atoms. The molecule has 0 atom stereocenters. The largest absolute Gasteiger partial charge is 0.356 e. The topological polar surface area (TPSA) is 103 Å². The lowest BCUT2D eigenvalue weighted by atomic mass is 10.1. The molecule has 0 unspecified atom stereocenters. The molecule has 0 bridgehead atoms. The Balaban J connectivity index is 1.34. The van der Waals surface area contributed by atoms with Gasteiger partial charge in [0.2, 0.25) is 5.91 Å². The monoisotopic (exact) mass is 482 g/mol. The van der Waals surface area contributed by atoms with Gasteiger partial charge in [0.25, 0.3) is 5.95 Å². The first kappa shape index (κ1) is 24.4. The molecule has 1 fully saturated rings. The number of carbonyl (C=O) groups is 1. The number of thioether (sulfide) groups is 1. The quantitative estimate of drug-likeness (QED) is 0.367. The molecule has 3 aromatic heterocycles. The van der Waals surface area contributed by atoms with Gasteiger partial charge in [-0.05, 0) is 59.3 Å². The van der Waals surface area contributed by atoms with Crippen molar-refractivity contribution in [3.8, 4) is 5.95 Å². The number of aryl methyl sites for hydroxylation is 4. The van der Waals surface area contributed by atoms with Gasteiger partial charge in [-0.25, -0.2) is 14.6 Å². The summed E-state index contributed by atoms with van der Waals surface area (Å²) in [4.78, 5) is 21.7. The summed E-state index contributed by atoms with van der Waals surface area (Å²) in [5.41, 5.74) is 4.42. The molecular formula is C24H34N8OS. The van der Waals surface area contributed by atoms with E-state index in [0.717, 1.165) is 52.2 Å². The molecule has 10 heteroatoms. The van der Waals surface area contributed by atoms with Gasteiger partial charge in [0.05, 0.1) is 12.1 Å². The Bertz CT molecular complexity index is 1140. The number of aromatic nitrogens is 7. The first-order valence-corrected chi connectivity index (χ1v) is 13.2. The van der Waals surface area contributed by atoms with Crippen LogP contribution in [0.3, 0.4) is 0 Å². The zero-order valence-corrected chi connectivity index (χ0v) is 21.6. The van der Waals surface area contributed by atoms with E-state index in [4.69, 9.17) is 0 Å². The van der Waals surface area contributed by atoms with Crippen LogP contribution in [0.25, 0.3) is 5.95 Å². The molecule has 0 radical (unpaired) electrons. The molecule has 9 nitrogen and oxygen atoms in total. The molecule has 4 rings (SSSR count). The molecule has 3 aromatic rings. The normalized spacial score (nSPS) is 14.1. The Morgan fingerprint density at radius 2 is 1.82 bits per heavy atom. The Kier molecular flexibility index (Phi) is 7.65. The third-order valence-electron chi connectivity index (χ3n) is 6.45. The highest BCUT2D eigenvalue weighted by molar-refractivity contribution is 7.98. The predicted octanol–water partition coefficient (Wildman–Crippen LogP) is 3.62. The second-order valence-electron chi connectivity index (χ2n) is 9.05. The summed E-state index contributed by atoms with van der Waals surface area (Å²) in [5.74, 6) is 1.57. The predicted molar refractivity (Wildman–Crippen MR) is 132 cm³/mol. The molecule has 0 spiro atoms. The second-order valence-corrected chi connectivity index (χ2v) is 9.83. The molecule has 1 N–H and O–H groups in total. The van der Waals surface area contributed by atoms with Crippen LogP contribution in [0.5, 0.6) is 0 Å². The van der Waals surface area contributed by atoms with Crippen LogP contribution in [0.15, 0.2) is 11.2 Å². The van der Waals surface area contributed by atoms with Crippen LogP contribution in [0.4, 0.5) is 0 Å². The third-order valence-corrected chi connectivity index (χ3v) is 7.09. The maximum absolute atomic E-state index is 12.7. The van der Waals surface area contributed by atoms with Crippen molar-refractivity contribution in [1.82, 2.24) is 39.8 Å². The summed E-state index contributed by atoms with van der Waals surface area (Å²) in [6.07, 6.45) is 8.94. The lowest BCUT2D eigenvalue weighted by Crippen LogP contribution is -2.27. The minimum absolute atomic E-state index is 0.00541. The van der Waals surface area contributed by atoms with Gasteiger partial charge in [-0.1, -0.05) is 24.6 Å². The Hall–Kier alpha value is -2.75. The molecule has 1 saturated carbocycles. The van der Waals surface area contributed by atoms with Gasteiger partial charge < -0.3 is 9.88 Å². The average Bonchev–Trinajstić information content (AvgIpc) is 3.51. The number of rotatable bonds is 9. The van der Waals surface area contributed by atoms with Gasteiger partial charge in [0, 0.05) is 41.7 Å². The fourth-order valence-corrected chi connectivity index (χ4v) is 5.34. The van der Waals surface area contributed by atoms with Crippen LogP contribution < -0.4 is 5.32 Å². The van der Waals surface area contributed by atoms with Crippen LogP contribution >= 0.6 is 11.8 Å². The third kappa shape index (κ3) is 5.32. The Morgan fingerprint density at radius 3 is 2.50 bits per heavy atom. The van der Waals surface area contributed by atoms with Gasteiger partial charge in [0.15, 0.2) is 5.16 Å². The van der Waals surface area contributed by atoms with E-state index in [-0.39, 0.29) is 12.3 Å². The van der Waals surface area contributed by atoms with E-state index in [9.17, 15) is 4.79 Å². The number of carbonyl (C=O) groups excluding carboxylic acids is 1. The first-order chi connectivity index (χ1) is 16.4. The number of nitrogens with one attached hydrogen (secondary N) is 1. The zero-order chi connectivity index (χ0) is 24.2. The lowest BCUT2D eigenvalue weighted by Gasteiger charge is -2.16. The number of amides is 1. The smallest absolute Gasteiger partial charge is 0.251 e. The maximum Gasteiger partial charge on any atom is 0.251 e. The van der Waals surface area contributed by atoms with E-state index in [1.165, 1.54) is 25.7 Å². The van der Waals surface area contributed by atoms with Crippen molar-refractivity contribution < 1.29 is 4.79 Å². The van der Waals surface area contributed by atoms with Gasteiger partial charge in [0.1, 0.15) is 5.82 Å². The molecule has 0 aromatic carbocycles. The highest BCUT2D eigenvalue weighted by Gasteiger charge is 2.23. The number of hydrogen-bond acceptors (Lipinski definition) is 7. The minimum atomic E-state index is -0.00541. The Labute approximate surface area is 205 Å². The van der Waals surface area contributed by atoms with Gasteiger partial charge in [-0.15, -0.1) is 10.2 Å². The highest BCUT2D eigenvalue weighted by atomic mass is 32.2. The summed E-state index contributed by atoms with van der Waals surface area (Å²) < 4.78 is 4.06. The van der Waals surface area contributed by atoms with Crippen LogP contribution in [0.1, 0.15) is 72.3 Å². The van der Waals surface area contributed by atoms with Crippen LogP contribution in [-0.4, -0.2) is 53.2 Å². The van der Waals surface area contributed by atoms with Crippen LogP contribution in [0, 0.1) is 27.7 Å². The van der Waals surface area contributed by atoms with E-state index in [1.807, 2.05) is 33.8 Å². The zero-order valence-electron chi connectivity index (χ0n) is 20.8. The van der Waals surface area contributed by atoms with Gasteiger partial charge >= 0.3 is 0 Å². The van der Waals surface area contributed by atoms with Crippen LogP contribution in [-0.2, 0) is 17.6 Å². The molecule has 1 amide bonds. The standard InChI is InChI=1S/C24H34N8OS/c1-15-13-16(2)27-23(26-15)32-18(4)20(17(3)30-32)14-22(33)25-12-8-11-21-28-29-24(34-5)31(21)19-9-6-7-10-19/h13,19H,6-12,14H2,1-5H3,(H,25,33). The van der Waals surface area contributed by atoms with Crippen molar-refractivity contribution in [1.29, 1.82) is 0 Å². The molecule has 182 valence electrons. The average molecular weight is 483 g/mol. The summed E-state index contributed by atoms with van der Waals surface area (Å²) in [7, 11) is 0. The van der Waals surface area contributed by atoms with Crippen molar-refractivity contribution in [3.63, 3.8) is 0 Å². The Morgan fingerprint density at radius 1 is 1.12 bits per heavy atom. The second kappa shape index (κ2) is 10.7. The fourth-order valence-electron chi connectivity index (χ4n) is 4.77. The molecular weight excluding hydrogens is 448 g/mol. The van der Waals surface area contributed by atoms with Gasteiger partial charge in [-0.2, -0.15) is 5.10 Å². The van der Waals surface area contributed by atoms with E-state index >= 15 is 0 Å². The minimum Gasteiger partial charge on any atom is -0.356 e. The number of hydrogen-bond donors (Lipinski definition) is 1. The summed E-state index contributed by atoms with van der Waals surface area (Å²) in [5, 5.41) is 17.5. The van der Waals surface area contributed by atoms with E-state index in [2.05, 4.69) is 41.4 Å². The summed E-state index contributed by atoms with van der Waals surface area (Å²) in [6, 6.07) is 2.45. The molecule has 1 aliphatic rings. The van der Waals surface area contributed by atoms with Crippen molar-refractivity contribution in [2.75, 3.05) is 12.8 Å². The van der Waals surface area contributed by atoms with Crippen molar-refractivity contribution >= 4 is 17.7 Å². The molecule has 1 aliphatic carbocycles. The maximum atomic E-state index is 12.7. The summed E-state index contributed by atoms with van der Waals surface area (Å²) in [6.45, 7) is 8.38. The SMILES string of the molecule is CSc1nnc(CCCNC(=O)Cc2c(C)nn(-c3nc(C)cc(C)n3)c2C)n1C1CCCC1. The van der Waals surface area contributed by atoms with E-state index in [1.54, 1.807) is 16.4 Å². The van der Waals surface area contributed by atoms with Crippen molar-refractivity contribution in [2.45, 2.75) is 83.8 Å². The first-order valence-electron chi connectivity index (χ1n) is 12.0. The van der Waals surface area contributed by atoms with Gasteiger partial charge in [-0.3, -0.25) is 4.79 Å². The van der Waals surface area contributed by atoms with Crippen LogP contribution in [0.2, 0.25) is 0 Å². The molecule has 0 aliphatic heterocycles. The van der Waals surface area contributed by atoms with Crippen molar-refractivity contribution in [2.24, 2.45) is 0 Å². The number of nitrogens with zero attached hydrogens (tertiary/aromatic N) is 7. The molecule has 3 heterocycles. The lowest BCUT2D eigenvalue weighted by molar-refractivity contribution is -0.120. The fraction of sp³-hybridized carbons (Fsp3) is 0.583. The summed E-state index contributed by atoms with van der Waals surface area (Å²) >= 11 is 1.66. The highest BCUT2D eigenvalue weighted by Crippen LogP contribution is 2.33. The molecule has 0 saturated heterocycles. The van der Waals surface area contributed by atoms with E-state index in [0.29, 0.717) is 18.5 Å². The van der Waals surface area contributed by atoms with Crippen molar-refractivity contribution in [3.05, 3.63) is 40.2 Å².